The molecule has 1 fully saturated rings. The van der Waals surface area contributed by atoms with Crippen molar-refractivity contribution in [3.8, 4) is 0 Å². The van der Waals surface area contributed by atoms with E-state index in [-0.39, 0.29) is 0 Å². The number of rotatable bonds is 3. The Morgan fingerprint density at radius 2 is 1.94 bits per heavy atom. The number of fused-ring (bicyclic) bond motifs is 1. The molecule has 1 aliphatic rings. The molecule has 18 heavy (non-hydrogen) atoms. The van der Waals surface area contributed by atoms with Crippen molar-refractivity contribution in [3.05, 3.63) is 35.6 Å². The highest BCUT2D eigenvalue weighted by Crippen LogP contribution is 2.21. The third-order valence-electron chi connectivity index (χ3n) is 3.85. The minimum absolute atomic E-state index is 1.02. The summed E-state index contributed by atoms with van der Waals surface area (Å²) in [5, 5.41) is 1.24. The predicted octanol–water partition coefficient (Wildman–Crippen LogP) is 3.77. The molecule has 0 atom stereocenters. The number of hydrogen-bond donors (Lipinski definition) is 0. The second-order valence-corrected chi connectivity index (χ2v) is 5.41. The van der Waals surface area contributed by atoms with Gasteiger partial charge in [0.05, 0.1) is 0 Å². The van der Waals surface area contributed by atoms with Crippen molar-refractivity contribution in [2.75, 3.05) is 19.6 Å². The molecule has 0 amide bonds. The Hall–Kier alpha value is -1.28. The van der Waals surface area contributed by atoms with E-state index in [0.29, 0.717) is 0 Å². The zero-order valence-corrected chi connectivity index (χ0v) is 11.1. The van der Waals surface area contributed by atoms with Gasteiger partial charge in [-0.2, -0.15) is 0 Å². The molecule has 1 aliphatic heterocycles. The number of likely N-dealkylation sites (tertiary alicyclic amines) is 1. The van der Waals surface area contributed by atoms with Gasteiger partial charge < -0.3 is 9.32 Å². The van der Waals surface area contributed by atoms with Crippen molar-refractivity contribution in [2.45, 2.75) is 32.6 Å². The highest BCUT2D eigenvalue weighted by molar-refractivity contribution is 5.78. The molecule has 0 saturated carbocycles. The van der Waals surface area contributed by atoms with Gasteiger partial charge in [0.15, 0.2) is 0 Å². The van der Waals surface area contributed by atoms with Gasteiger partial charge in [0.2, 0.25) is 0 Å². The van der Waals surface area contributed by atoms with Gasteiger partial charge in [-0.05, 0) is 51.1 Å². The number of furan rings is 1. The molecular formula is C16H21NO. The van der Waals surface area contributed by atoms with Gasteiger partial charge in [-0.15, -0.1) is 0 Å². The third-order valence-corrected chi connectivity index (χ3v) is 3.85. The van der Waals surface area contributed by atoms with Crippen molar-refractivity contribution >= 4 is 11.0 Å². The van der Waals surface area contributed by atoms with Crippen LogP contribution in [0.4, 0.5) is 0 Å². The Morgan fingerprint density at radius 1 is 1.11 bits per heavy atom. The van der Waals surface area contributed by atoms with Crippen LogP contribution >= 0.6 is 0 Å². The lowest BCUT2D eigenvalue weighted by atomic mass is 10.1. The fourth-order valence-corrected chi connectivity index (χ4v) is 2.79. The Balaban J connectivity index is 1.67. The van der Waals surface area contributed by atoms with Crippen molar-refractivity contribution in [1.29, 1.82) is 0 Å². The fourth-order valence-electron chi connectivity index (χ4n) is 2.79. The van der Waals surface area contributed by atoms with Gasteiger partial charge in [0.1, 0.15) is 11.3 Å². The van der Waals surface area contributed by atoms with Gasteiger partial charge >= 0.3 is 0 Å². The summed E-state index contributed by atoms with van der Waals surface area (Å²) in [6.07, 6.45) is 5.16. The fraction of sp³-hybridized carbons (Fsp3) is 0.500. The first-order valence-electron chi connectivity index (χ1n) is 7.03. The van der Waals surface area contributed by atoms with Crippen LogP contribution in [0.25, 0.3) is 11.0 Å². The maximum absolute atomic E-state index is 5.89. The summed E-state index contributed by atoms with van der Waals surface area (Å²) in [6, 6.07) is 8.59. The highest BCUT2D eigenvalue weighted by atomic mass is 16.3. The molecule has 0 bridgehead atoms. The Morgan fingerprint density at radius 3 is 2.78 bits per heavy atom. The van der Waals surface area contributed by atoms with E-state index in [1.807, 2.05) is 0 Å². The van der Waals surface area contributed by atoms with E-state index >= 15 is 0 Å². The molecule has 96 valence electrons. The molecule has 2 aromatic rings. The molecule has 0 spiro atoms. The van der Waals surface area contributed by atoms with Crippen LogP contribution in [-0.2, 0) is 6.42 Å². The van der Waals surface area contributed by atoms with Crippen molar-refractivity contribution in [1.82, 2.24) is 4.90 Å². The average Bonchev–Trinajstić information content (AvgIpc) is 2.79. The van der Waals surface area contributed by atoms with Crippen LogP contribution in [0.15, 0.2) is 28.7 Å². The van der Waals surface area contributed by atoms with Crippen molar-refractivity contribution in [3.63, 3.8) is 0 Å². The molecule has 0 unspecified atom stereocenters. The zero-order valence-electron chi connectivity index (χ0n) is 11.1. The standard InChI is InChI=1S/C16H21NO/c1-13-5-6-16-14(11-13)12-15(18-16)7-10-17-8-3-2-4-9-17/h5-6,11-12H,2-4,7-10H2,1H3. The number of hydrogen-bond acceptors (Lipinski definition) is 2. The summed E-state index contributed by atoms with van der Waals surface area (Å²) in [6.45, 7) is 5.79. The molecule has 2 heterocycles. The van der Waals surface area contributed by atoms with Crippen LogP contribution in [0.2, 0.25) is 0 Å². The van der Waals surface area contributed by atoms with Crippen LogP contribution in [0.5, 0.6) is 0 Å². The van der Waals surface area contributed by atoms with Gasteiger partial charge in [-0.3, -0.25) is 0 Å². The molecule has 0 N–H and O–H groups in total. The first-order chi connectivity index (χ1) is 8.81. The summed E-state index contributed by atoms with van der Waals surface area (Å²) in [4.78, 5) is 2.56. The molecule has 2 nitrogen and oxygen atoms in total. The summed E-state index contributed by atoms with van der Waals surface area (Å²) in [5.74, 6) is 1.13. The van der Waals surface area contributed by atoms with E-state index < -0.39 is 0 Å². The number of piperidine rings is 1. The molecule has 1 saturated heterocycles. The molecule has 1 aromatic heterocycles. The first kappa shape index (κ1) is 11.8. The summed E-state index contributed by atoms with van der Waals surface area (Å²) >= 11 is 0. The van der Waals surface area contributed by atoms with Crippen LogP contribution in [0, 0.1) is 6.92 Å². The summed E-state index contributed by atoms with van der Waals surface area (Å²) in [7, 11) is 0. The number of aryl methyl sites for hydroxylation is 1. The number of nitrogens with zero attached hydrogens (tertiary/aromatic N) is 1. The second-order valence-electron chi connectivity index (χ2n) is 5.41. The predicted molar refractivity (Wildman–Crippen MR) is 74.9 cm³/mol. The molecule has 1 aromatic carbocycles. The second kappa shape index (κ2) is 5.15. The Bertz CT molecular complexity index is 523. The molecule has 0 radical (unpaired) electrons. The smallest absolute Gasteiger partial charge is 0.134 e. The summed E-state index contributed by atoms with van der Waals surface area (Å²) < 4.78 is 5.89. The van der Waals surface area contributed by atoms with E-state index in [9.17, 15) is 0 Å². The molecule has 3 rings (SSSR count). The minimum atomic E-state index is 1.02. The van der Waals surface area contributed by atoms with Crippen molar-refractivity contribution < 1.29 is 4.42 Å². The largest absolute Gasteiger partial charge is 0.461 e. The van der Waals surface area contributed by atoms with Crippen molar-refractivity contribution in [2.24, 2.45) is 0 Å². The highest BCUT2D eigenvalue weighted by Gasteiger charge is 2.11. The van der Waals surface area contributed by atoms with Crippen LogP contribution < -0.4 is 0 Å². The lowest BCUT2D eigenvalue weighted by Crippen LogP contribution is -2.31. The topological polar surface area (TPSA) is 16.4 Å². The van der Waals surface area contributed by atoms with Crippen LogP contribution in [0.3, 0.4) is 0 Å². The summed E-state index contributed by atoms with van der Waals surface area (Å²) in [5.41, 5.74) is 2.32. The molecule has 2 heteroatoms. The maximum atomic E-state index is 5.89. The van der Waals surface area contributed by atoms with Gasteiger partial charge in [-0.25, -0.2) is 0 Å². The van der Waals surface area contributed by atoms with E-state index in [2.05, 4.69) is 36.1 Å². The van der Waals surface area contributed by atoms with Gasteiger partial charge in [0.25, 0.3) is 0 Å². The van der Waals surface area contributed by atoms with Crippen LogP contribution in [-0.4, -0.2) is 24.5 Å². The maximum Gasteiger partial charge on any atom is 0.134 e. The normalized spacial score (nSPS) is 17.4. The molecular weight excluding hydrogens is 222 g/mol. The molecule has 0 aliphatic carbocycles. The first-order valence-corrected chi connectivity index (χ1v) is 7.03. The number of benzene rings is 1. The monoisotopic (exact) mass is 243 g/mol. The van der Waals surface area contributed by atoms with E-state index in [0.717, 1.165) is 24.3 Å². The van der Waals surface area contributed by atoms with E-state index in [1.54, 1.807) is 0 Å². The van der Waals surface area contributed by atoms with Gasteiger partial charge in [-0.1, -0.05) is 18.1 Å². The van der Waals surface area contributed by atoms with E-state index in [4.69, 9.17) is 4.42 Å². The Labute approximate surface area is 109 Å². The zero-order chi connectivity index (χ0) is 12.4. The third kappa shape index (κ3) is 2.59. The van der Waals surface area contributed by atoms with Gasteiger partial charge in [0, 0.05) is 18.4 Å². The van der Waals surface area contributed by atoms with Crippen LogP contribution in [0.1, 0.15) is 30.6 Å². The lowest BCUT2D eigenvalue weighted by Gasteiger charge is -2.25. The Kier molecular flexibility index (Phi) is 3.37. The SMILES string of the molecule is Cc1ccc2oc(CCN3CCCCC3)cc2c1. The quantitative estimate of drug-likeness (QED) is 0.816. The minimum Gasteiger partial charge on any atom is -0.461 e. The lowest BCUT2D eigenvalue weighted by molar-refractivity contribution is 0.227. The van der Waals surface area contributed by atoms with E-state index in [1.165, 1.54) is 43.3 Å². The average molecular weight is 243 g/mol.